The summed E-state index contributed by atoms with van der Waals surface area (Å²) in [6, 6.07) is 0. The molecule has 0 atom stereocenters. The Balaban J connectivity index is 0. The van der Waals surface area contributed by atoms with Gasteiger partial charge in [-0.3, -0.25) is 11.7 Å². The van der Waals surface area contributed by atoms with E-state index in [1.165, 1.54) is 0 Å². The molecule has 0 bridgehead atoms. The van der Waals surface area contributed by atoms with Gasteiger partial charge >= 0.3 is 6.09 Å². The van der Waals surface area contributed by atoms with Crippen LogP contribution < -0.4 is 17.5 Å². The summed E-state index contributed by atoms with van der Waals surface area (Å²) in [6.07, 6.45) is -1.11. The van der Waals surface area contributed by atoms with Crippen LogP contribution in [0.15, 0.2) is 0 Å². The van der Waals surface area contributed by atoms with Gasteiger partial charge in [-0.2, -0.15) is 0 Å². The normalized spacial score (nSPS) is 9.64. The molecular weight excluding hydrogens is 148 g/mol. The molecule has 11 heavy (non-hydrogen) atoms. The molecule has 0 aliphatic rings. The molecule has 0 aliphatic carbocycles. The maximum absolute atomic E-state index is 10.1. The fraction of sp³-hybridized carbons (Fsp3) is 0.800. The van der Waals surface area contributed by atoms with Crippen LogP contribution in [-0.4, -0.2) is 21.7 Å². The van der Waals surface area contributed by atoms with Gasteiger partial charge in [0.15, 0.2) is 0 Å². The third kappa shape index (κ3) is 5.59. The van der Waals surface area contributed by atoms with E-state index >= 15 is 0 Å². The summed E-state index contributed by atoms with van der Waals surface area (Å²) in [4.78, 5) is 10.1. The molecule has 0 heterocycles. The van der Waals surface area contributed by atoms with Crippen molar-refractivity contribution in [2.24, 2.45) is 17.5 Å². The average molecular weight is 164 g/mol. The predicted octanol–water partition coefficient (Wildman–Crippen LogP) is -0.543. The summed E-state index contributed by atoms with van der Waals surface area (Å²) in [7, 11) is 0. The van der Waals surface area contributed by atoms with E-state index in [-0.39, 0.29) is 0 Å². The highest BCUT2D eigenvalue weighted by Crippen LogP contribution is 2.06. The van der Waals surface area contributed by atoms with E-state index in [0.717, 1.165) is 5.01 Å². The van der Waals surface area contributed by atoms with Gasteiger partial charge in [0.25, 0.3) is 0 Å². The molecule has 0 aliphatic heterocycles. The van der Waals surface area contributed by atoms with Gasteiger partial charge in [-0.15, -0.1) is 0 Å². The molecule has 6 heteroatoms. The van der Waals surface area contributed by atoms with E-state index < -0.39 is 11.6 Å². The fourth-order valence-electron chi connectivity index (χ4n) is 0.287. The molecule has 0 rings (SSSR count). The van der Waals surface area contributed by atoms with Gasteiger partial charge in [-0.05, 0) is 20.8 Å². The van der Waals surface area contributed by atoms with Crippen molar-refractivity contribution in [3.63, 3.8) is 0 Å². The zero-order valence-corrected chi connectivity index (χ0v) is 7.03. The maximum Gasteiger partial charge on any atom is 0.422 e. The highest BCUT2D eigenvalue weighted by molar-refractivity contribution is 5.64. The predicted molar refractivity (Wildman–Crippen MR) is 42.2 cm³/mol. The largest absolute Gasteiger partial charge is 0.464 e. The Morgan fingerprint density at radius 2 is 1.64 bits per heavy atom. The highest BCUT2D eigenvalue weighted by Gasteiger charge is 2.21. The molecule has 0 aromatic carbocycles. The zero-order chi connectivity index (χ0) is 9.65. The number of amides is 1. The molecule has 0 radical (unpaired) electrons. The fourth-order valence-corrected chi connectivity index (χ4v) is 0.287. The molecule has 0 saturated heterocycles. The lowest BCUT2D eigenvalue weighted by Gasteiger charge is -2.27. The number of carbonyl (C=O) groups is 1. The van der Waals surface area contributed by atoms with E-state index in [4.69, 9.17) is 10.9 Å². The smallest absolute Gasteiger partial charge is 0.422 e. The Kier molecular flexibility index (Phi) is 5.69. The van der Waals surface area contributed by atoms with Gasteiger partial charge in [0.2, 0.25) is 0 Å². The van der Waals surface area contributed by atoms with Crippen molar-refractivity contribution >= 4 is 6.09 Å². The van der Waals surface area contributed by atoms with Crippen LogP contribution in [0.2, 0.25) is 0 Å². The molecule has 0 saturated carbocycles. The zero-order valence-electron chi connectivity index (χ0n) is 7.03. The van der Waals surface area contributed by atoms with E-state index in [9.17, 15) is 4.79 Å². The second-order valence-electron chi connectivity index (χ2n) is 2.82. The number of hydrogen-bond donors (Lipinski definition) is 4. The summed E-state index contributed by atoms with van der Waals surface area (Å²) in [6.45, 7) is 5.17. The van der Waals surface area contributed by atoms with Crippen molar-refractivity contribution in [1.29, 1.82) is 0 Å². The molecule has 0 aromatic rings. The summed E-state index contributed by atoms with van der Waals surface area (Å²) >= 11 is 0. The van der Waals surface area contributed by atoms with Gasteiger partial charge in [0.05, 0.1) is 5.54 Å². The number of rotatable bonds is 0. The Morgan fingerprint density at radius 1 is 1.36 bits per heavy atom. The van der Waals surface area contributed by atoms with Crippen molar-refractivity contribution in [3.8, 4) is 0 Å². The van der Waals surface area contributed by atoms with E-state index in [1.54, 1.807) is 20.8 Å². The van der Waals surface area contributed by atoms with Gasteiger partial charge in [-0.1, -0.05) is 0 Å². The van der Waals surface area contributed by atoms with E-state index in [0.29, 0.717) is 0 Å². The van der Waals surface area contributed by atoms with Crippen LogP contribution in [0, 0.1) is 0 Å². The summed E-state index contributed by atoms with van der Waals surface area (Å²) in [5.74, 6) is 13.1. The first-order valence-electron chi connectivity index (χ1n) is 2.97. The minimum Gasteiger partial charge on any atom is -0.464 e. The number of carboxylic acid groups (broad SMARTS) is 1. The molecular formula is C5H16N4O2. The third-order valence-corrected chi connectivity index (χ3v) is 0.929. The summed E-state index contributed by atoms with van der Waals surface area (Å²) < 4.78 is 0. The molecule has 68 valence electrons. The van der Waals surface area contributed by atoms with Crippen molar-refractivity contribution < 1.29 is 9.90 Å². The van der Waals surface area contributed by atoms with Gasteiger partial charge in [0.1, 0.15) is 0 Å². The Labute approximate surface area is 65.9 Å². The molecule has 7 N–H and O–H groups in total. The Bertz CT molecular complexity index is 120. The first kappa shape index (κ1) is 12.8. The molecule has 0 fully saturated rings. The van der Waals surface area contributed by atoms with Gasteiger partial charge in [-0.25, -0.2) is 15.6 Å². The van der Waals surface area contributed by atoms with Crippen LogP contribution in [0.4, 0.5) is 4.79 Å². The molecule has 1 amide bonds. The van der Waals surface area contributed by atoms with Crippen LogP contribution in [0.3, 0.4) is 0 Å². The SMILES string of the molecule is CC(C)(C)N(N)C(=O)O.NN. The van der Waals surface area contributed by atoms with Crippen molar-refractivity contribution in [2.75, 3.05) is 0 Å². The second kappa shape index (κ2) is 4.89. The number of nitrogens with zero attached hydrogens (tertiary/aromatic N) is 1. The first-order valence-corrected chi connectivity index (χ1v) is 2.97. The van der Waals surface area contributed by atoms with E-state index in [2.05, 4.69) is 11.7 Å². The van der Waals surface area contributed by atoms with Crippen molar-refractivity contribution in [1.82, 2.24) is 5.01 Å². The van der Waals surface area contributed by atoms with Crippen LogP contribution in [0.1, 0.15) is 20.8 Å². The lowest BCUT2D eigenvalue weighted by Crippen LogP contribution is -2.49. The Hall–Kier alpha value is -0.850. The highest BCUT2D eigenvalue weighted by atomic mass is 16.4. The lowest BCUT2D eigenvalue weighted by molar-refractivity contribution is 0.101. The summed E-state index contributed by atoms with van der Waals surface area (Å²) in [5.41, 5.74) is -0.508. The number of hydrazine groups is 2. The van der Waals surface area contributed by atoms with Crippen LogP contribution in [-0.2, 0) is 0 Å². The topological polar surface area (TPSA) is 119 Å². The van der Waals surface area contributed by atoms with E-state index in [1.807, 2.05) is 0 Å². The van der Waals surface area contributed by atoms with Crippen molar-refractivity contribution in [3.05, 3.63) is 0 Å². The summed E-state index contributed by atoms with van der Waals surface area (Å²) in [5, 5.41) is 9.09. The van der Waals surface area contributed by atoms with Gasteiger partial charge < -0.3 is 5.11 Å². The molecule has 0 spiro atoms. The Morgan fingerprint density at radius 3 is 1.64 bits per heavy atom. The van der Waals surface area contributed by atoms with Crippen molar-refractivity contribution in [2.45, 2.75) is 26.3 Å². The average Bonchev–Trinajstić information content (AvgIpc) is 1.89. The molecule has 0 aromatic heterocycles. The first-order chi connectivity index (χ1) is 4.85. The molecule has 6 nitrogen and oxygen atoms in total. The van der Waals surface area contributed by atoms with Crippen LogP contribution in [0.5, 0.6) is 0 Å². The quantitative estimate of drug-likeness (QED) is 0.218. The number of hydrogen-bond acceptors (Lipinski definition) is 4. The second-order valence-corrected chi connectivity index (χ2v) is 2.82. The third-order valence-electron chi connectivity index (χ3n) is 0.929. The minimum atomic E-state index is -1.11. The standard InChI is InChI=1S/C5H12N2O2.H4N2/c1-5(2,3)7(6)4(8)9;1-2/h6H2,1-3H3,(H,8,9);1-2H2. The number of nitrogens with two attached hydrogens (primary N) is 3. The monoisotopic (exact) mass is 164 g/mol. The van der Waals surface area contributed by atoms with Gasteiger partial charge in [0, 0.05) is 0 Å². The van der Waals surface area contributed by atoms with Crippen LogP contribution >= 0.6 is 0 Å². The molecule has 0 unspecified atom stereocenters. The lowest BCUT2D eigenvalue weighted by atomic mass is 10.1. The van der Waals surface area contributed by atoms with Crippen LogP contribution in [0.25, 0.3) is 0 Å². The maximum atomic E-state index is 10.1. The minimum absolute atomic E-state index is 0.508.